The van der Waals surface area contributed by atoms with E-state index < -0.39 is 0 Å². The minimum atomic E-state index is 0.0186. The number of hydrogen-bond donors (Lipinski definition) is 0. The highest BCUT2D eigenvalue weighted by Gasteiger charge is 2.02. The average molecular weight is 577 g/mol. The first-order chi connectivity index (χ1) is 20.3. The molecule has 0 aliphatic rings. The predicted octanol–water partition coefficient (Wildman–Crippen LogP) is 14.0. The molecule has 0 heterocycles. The monoisotopic (exact) mass is 577 g/mol. The van der Waals surface area contributed by atoms with Crippen LogP contribution in [0, 0.1) is 0 Å². The number of allylic oxidation sites excluding steroid dienone is 2. The van der Waals surface area contributed by atoms with Crippen molar-refractivity contribution in [3.8, 4) is 0 Å². The van der Waals surface area contributed by atoms with Gasteiger partial charge in [0.2, 0.25) is 0 Å². The molecule has 244 valence electrons. The minimum Gasteiger partial charge on any atom is -0.466 e. The third-order valence-electron chi connectivity index (χ3n) is 8.65. The summed E-state index contributed by atoms with van der Waals surface area (Å²) in [4.78, 5) is 11.9. The fraction of sp³-hybridized carbons (Fsp3) is 0.923. The second-order valence-electron chi connectivity index (χ2n) is 12.9. The van der Waals surface area contributed by atoms with Crippen LogP contribution in [-0.2, 0) is 9.53 Å². The van der Waals surface area contributed by atoms with Crippen molar-refractivity contribution in [1.29, 1.82) is 0 Å². The molecular formula is C39H76O2. The molecule has 0 N–H and O–H groups in total. The molecule has 41 heavy (non-hydrogen) atoms. The third-order valence-corrected chi connectivity index (χ3v) is 8.65. The highest BCUT2D eigenvalue weighted by atomic mass is 16.5. The Morgan fingerprint density at radius 2 is 0.683 bits per heavy atom. The predicted molar refractivity (Wildman–Crippen MR) is 184 cm³/mol. The number of esters is 1. The molecule has 0 rings (SSSR count). The summed E-state index contributed by atoms with van der Waals surface area (Å²) < 4.78 is 5.45. The Bertz CT molecular complexity index is 512. The van der Waals surface area contributed by atoms with E-state index in [0.29, 0.717) is 13.0 Å². The van der Waals surface area contributed by atoms with Gasteiger partial charge in [-0.2, -0.15) is 0 Å². The van der Waals surface area contributed by atoms with E-state index >= 15 is 0 Å². The quantitative estimate of drug-likeness (QED) is 0.0426. The number of hydrogen-bond acceptors (Lipinski definition) is 2. The summed E-state index contributed by atoms with van der Waals surface area (Å²) in [6, 6.07) is 0. The van der Waals surface area contributed by atoms with Crippen LogP contribution in [-0.4, -0.2) is 12.6 Å². The molecule has 0 amide bonds. The lowest BCUT2D eigenvalue weighted by molar-refractivity contribution is -0.143. The highest BCUT2D eigenvalue weighted by molar-refractivity contribution is 5.69. The van der Waals surface area contributed by atoms with Gasteiger partial charge in [-0.1, -0.05) is 193 Å². The normalized spacial score (nSPS) is 11.6. The van der Waals surface area contributed by atoms with Gasteiger partial charge >= 0.3 is 5.97 Å². The fourth-order valence-electron chi connectivity index (χ4n) is 5.78. The van der Waals surface area contributed by atoms with Crippen LogP contribution in [0.3, 0.4) is 0 Å². The topological polar surface area (TPSA) is 26.3 Å². The van der Waals surface area contributed by atoms with E-state index in [0.717, 1.165) is 19.3 Å². The van der Waals surface area contributed by atoms with Crippen LogP contribution in [0.2, 0.25) is 0 Å². The molecule has 0 aliphatic heterocycles. The zero-order chi connectivity index (χ0) is 29.7. The molecule has 0 aromatic carbocycles. The highest BCUT2D eigenvalue weighted by Crippen LogP contribution is 2.15. The molecule has 0 fully saturated rings. The summed E-state index contributed by atoms with van der Waals surface area (Å²) in [6.45, 7) is 5.20. The molecule has 0 atom stereocenters. The maximum Gasteiger partial charge on any atom is 0.305 e. The summed E-state index contributed by atoms with van der Waals surface area (Å²) in [5.41, 5.74) is 0. The van der Waals surface area contributed by atoms with Crippen molar-refractivity contribution < 1.29 is 9.53 Å². The SMILES string of the molecule is CCCCCCCCC=CCCCCCCCC(=O)OCCCCCCCCCCCCCCCCCCCCC. The van der Waals surface area contributed by atoms with E-state index in [2.05, 4.69) is 26.0 Å². The average Bonchev–Trinajstić information content (AvgIpc) is 2.98. The molecule has 0 unspecified atom stereocenters. The first-order valence-corrected chi connectivity index (χ1v) is 19.1. The van der Waals surface area contributed by atoms with Gasteiger partial charge in [-0.15, -0.1) is 0 Å². The lowest BCUT2D eigenvalue weighted by atomic mass is 10.0. The van der Waals surface area contributed by atoms with Crippen molar-refractivity contribution >= 4 is 5.97 Å². The van der Waals surface area contributed by atoms with Gasteiger partial charge in [0, 0.05) is 6.42 Å². The zero-order valence-electron chi connectivity index (χ0n) is 28.5. The van der Waals surface area contributed by atoms with Gasteiger partial charge in [-0.25, -0.2) is 0 Å². The van der Waals surface area contributed by atoms with Crippen LogP contribution in [0.1, 0.15) is 226 Å². The number of ether oxygens (including phenoxy) is 1. The van der Waals surface area contributed by atoms with Crippen molar-refractivity contribution in [2.45, 2.75) is 226 Å². The van der Waals surface area contributed by atoms with E-state index in [1.807, 2.05) is 0 Å². The summed E-state index contributed by atoms with van der Waals surface area (Å²) in [5.74, 6) is 0.0186. The van der Waals surface area contributed by atoms with Crippen LogP contribution >= 0.6 is 0 Å². The Morgan fingerprint density at radius 1 is 0.390 bits per heavy atom. The van der Waals surface area contributed by atoms with Crippen molar-refractivity contribution in [2.75, 3.05) is 6.61 Å². The maximum absolute atomic E-state index is 11.9. The van der Waals surface area contributed by atoms with Crippen molar-refractivity contribution in [3.05, 3.63) is 12.2 Å². The number of carbonyl (C=O) groups is 1. The first-order valence-electron chi connectivity index (χ1n) is 19.1. The zero-order valence-corrected chi connectivity index (χ0v) is 28.5. The molecule has 0 spiro atoms. The van der Waals surface area contributed by atoms with Gasteiger partial charge in [0.15, 0.2) is 0 Å². The summed E-state index contributed by atoms with van der Waals surface area (Å²) >= 11 is 0. The van der Waals surface area contributed by atoms with Crippen molar-refractivity contribution in [2.24, 2.45) is 0 Å². The standard InChI is InChI=1S/C39H76O2/c1-3-5-7-9-11-13-15-17-19-20-21-22-24-26-28-30-32-34-36-38-41-39(40)37-35-33-31-29-27-25-23-18-16-14-12-10-8-6-4-2/h18,23H,3-17,19-22,24-38H2,1-2H3. The lowest BCUT2D eigenvalue weighted by Gasteiger charge is -2.06. The summed E-state index contributed by atoms with van der Waals surface area (Å²) in [5, 5.41) is 0. The van der Waals surface area contributed by atoms with Crippen LogP contribution < -0.4 is 0 Å². The Morgan fingerprint density at radius 3 is 1.05 bits per heavy atom. The second-order valence-corrected chi connectivity index (χ2v) is 12.9. The van der Waals surface area contributed by atoms with Gasteiger partial charge in [-0.3, -0.25) is 4.79 Å². The molecule has 2 nitrogen and oxygen atoms in total. The third kappa shape index (κ3) is 37.2. The van der Waals surface area contributed by atoms with E-state index in [1.165, 1.54) is 186 Å². The molecule has 2 heteroatoms. The van der Waals surface area contributed by atoms with Gasteiger partial charge in [0.25, 0.3) is 0 Å². The largest absolute Gasteiger partial charge is 0.466 e. The van der Waals surface area contributed by atoms with Gasteiger partial charge in [0.05, 0.1) is 6.61 Å². The van der Waals surface area contributed by atoms with Gasteiger partial charge in [0.1, 0.15) is 0 Å². The van der Waals surface area contributed by atoms with E-state index in [4.69, 9.17) is 4.74 Å². The Hall–Kier alpha value is -0.790. The van der Waals surface area contributed by atoms with Crippen LogP contribution in [0.15, 0.2) is 12.2 Å². The Kier molecular flexibility index (Phi) is 36.5. The van der Waals surface area contributed by atoms with Gasteiger partial charge in [-0.05, 0) is 38.5 Å². The molecule has 0 aliphatic carbocycles. The lowest BCUT2D eigenvalue weighted by Crippen LogP contribution is -2.05. The van der Waals surface area contributed by atoms with E-state index in [-0.39, 0.29) is 5.97 Å². The first kappa shape index (κ1) is 40.2. The van der Waals surface area contributed by atoms with E-state index in [1.54, 1.807) is 0 Å². The number of carbonyl (C=O) groups excluding carboxylic acids is 1. The van der Waals surface area contributed by atoms with Crippen LogP contribution in [0.5, 0.6) is 0 Å². The molecule has 0 aromatic heterocycles. The van der Waals surface area contributed by atoms with Crippen LogP contribution in [0.25, 0.3) is 0 Å². The summed E-state index contributed by atoms with van der Waals surface area (Å²) in [7, 11) is 0. The van der Waals surface area contributed by atoms with E-state index in [9.17, 15) is 4.79 Å². The fourth-order valence-corrected chi connectivity index (χ4v) is 5.78. The Labute approximate surface area is 259 Å². The number of rotatable bonds is 35. The minimum absolute atomic E-state index is 0.0186. The smallest absolute Gasteiger partial charge is 0.305 e. The molecule has 0 bridgehead atoms. The molecule has 0 saturated carbocycles. The molecule has 0 saturated heterocycles. The molecule has 0 radical (unpaired) electrons. The molecular weight excluding hydrogens is 500 g/mol. The van der Waals surface area contributed by atoms with Crippen molar-refractivity contribution in [3.63, 3.8) is 0 Å². The molecule has 0 aromatic rings. The maximum atomic E-state index is 11.9. The number of unbranched alkanes of at least 4 members (excludes halogenated alkanes) is 29. The Balaban J connectivity index is 3.17. The van der Waals surface area contributed by atoms with Crippen molar-refractivity contribution in [1.82, 2.24) is 0 Å². The van der Waals surface area contributed by atoms with Crippen LogP contribution in [0.4, 0.5) is 0 Å². The van der Waals surface area contributed by atoms with Gasteiger partial charge < -0.3 is 4.74 Å². The second kappa shape index (κ2) is 37.2. The summed E-state index contributed by atoms with van der Waals surface area (Å²) in [6.07, 6.45) is 48.6.